The number of amides is 2. The predicted molar refractivity (Wildman–Crippen MR) is 136 cm³/mol. The van der Waals surface area contributed by atoms with Crippen LogP contribution in [0.4, 0.5) is 11.4 Å². The molecule has 0 radical (unpaired) electrons. The number of benzene rings is 3. The lowest BCUT2D eigenvalue weighted by molar-refractivity contribution is -0.117. The van der Waals surface area contributed by atoms with Crippen molar-refractivity contribution in [3.63, 3.8) is 0 Å². The Kier molecular flexibility index (Phi) is 7.00. The molecule has 2 amide bonds. The van der Waals surface area contributed by atoms with Gasteiger partial charge in [0.25, 0.3) is 5.91 Å². The quantitative estimate of drug-likeness (QED) is 0.325. The zero-order valence-corrected chi connectivity index (χ0v) is 20.9. The molecule has 0 unspecified atom stereocenters. The second-order valence-corrected chi connectivity index (χ2v) is 10.4. The Morgan fingerprint density at radius 3 is 2.24 bits per heavy atom. The third-order valence-corrected chi connectivity index (χ3v) is 7.01. The van der Waals surface area contributed by atoms with Crippen molar-refractivity contribution in [1.29, 1.82) is 5.26 Å². The Bertz CT molecular complexity index is 1330. The van der Waals surface area contributed by atoms with Crippen LogP contribution in [0, 0.1) is 17.2 Å². The predicted octanol–water partition coefficient (Wildman–Crippen LogP) is 7.30. The number of halogens is 5. The molecule has 10 heteroatoms. The molecule has 1 aliphatic rings. The normalized spacial score (nSPS) is 18.0. The van der Waals surface area contributed by atoms with E-state index < -0.39 is 28.0 Å². The second kappa shape index (κ2) is 9.65. The van der Waals surface area contributed by atoms with E-state index in [1.54, 1.807) is 42.5 Å². The summed E-state index contributed by atoms with van der Waals surface area (Å²) < 4.78 is -1.34. The highest BCUT2D eigenvalue weighted by atomic mass is 35.5. The van der Waals surface area contributed by atoms with Gasteiger partial charge in [0.1, 0.15) is 4.33 Å². The van der Waals surface area contributed by atoms with Crippen LogP contribution in [0.5, 0.6) is 0 Å². The molecular formula is C24H14Cl5N3O2. The van der Waals surface area contributed by atoms with Gasteiger partial charge in [0.15, 0.2) is 0 Å². The second-order valence-electron chi connectivity index (χ2n) is 7.66. The molecular weight excluding hydrogens is 540 g/mol. The molecule has 0 heterocycles. The number of nitriles is 1. The first-order chi connectivity index (χ1) is 16.1. The number of hydrogen-bond acceptors (Lipinski definition) is 3. The monoisotopic (exact) mass is 551 g/mol. The van der Waals surface area contributed by atoms with Crippen LogP contribution in [0.2, 0.25) is 15.1 Å². The van der Waals surface area contributed by atoms with E-state index >= 15 is 0 Å². The van der Waals surface area contributed by atoms with Gasteiger partial charge in [-0.3, -0.25) is 9.59 Å². The highest BCUT2D eigenvalue weighted by Crippen LogP contribution is 2.65. The summed E-state index contributed by atoms with van der Waals surface area (Å²) in [5.74, 6) is -2.19. The maximum atomic E-state index is 13.0. The summed E-state index contributed by atoms with van der Waals surface area (Å²) in [6.45, 7) is 0. The minimum atomic E-state index is -1.34. The van der Waals surface area contributed by atoms with Crippen molar-refractivity contribution in [2.75, 3.05) is 10.6 Å². The minimum Gasteiger partial charge on any atom is -0.326 e. The van der Waals surface area contributed by atoms with Crippen molar-refractivity contribution in [2.45, 2.75) is 10.3 Å². The van der Waals surface area contributed by atoms with Crippen LogP contribution in [0.25, 0.3) is 0 Å². The molecule has 34 heavy (non-hydrogen) atoms. The number of nitrogens with zero attached hydrogens (tertiary/aromatic N) is 1. The fraction of sp³-hybridized carbons (Fsp3) is 0.125. The van der Waals surface area contributed by atoms with E-state index in [-0.39, 0.29) is 10.6 Å². The first kappa shape index (κ1) is 24.7. The maximum Gasteiger partial charge on any atom is 0.257 e. The molecule has 1 saturated carbocycles. The Balaban J connectivity index is 1.51. The van der Waals surface area contributed by atoms with Crippen molar-refractivity contribution in [3.05, 3.63) is 92.4 Å². The molecule has 172 valence electrons. The van der Waals surface area contributed by atoms with Gasteiger partial charge in [0, 0.05) is 27.3 Å². The van der Waals surface area contributed by atoms with Crippen LogP contribution in [0.1, 0.15) is 27.4 Å². The van der Waals surface area contributed by atoms with Crippen molar-refractivity contribution >= 4 is 81.2 Å². The van der Waals surface area contributed by atoms with E-state index in [2.05, 4.69) is 10.6 Å². The summed E-state index contributed by atoms with van der Waals surface area (Å²) >= 11 is 31.2. The molecule has 0 spiro atoms. The number of carbonyl (C=O) groups excluding carboxylic acids is 2. The summed E-state index contributed by atoms with van der Waals surface area (Å²) in [6, 6.07) is 17.9. The van der Waals surface area contributed by atoms with Crippen LogP contribution in [-0.4, -0.2) is 16.1 Å². The molecule has 5 nitrogen and oxygen atoms in total. The van der Waals surface area contributed by atoms with Crippen LogP contribution in [-0.2, 0) is 4.79 Å². The highest BCUT2D eigenvalue weighted by molar-refractivity contribution is 6.53. The number of anilines is 2. The summed E-state index contributed by atoms with van der Waals surface area (Å²) in [5, 5.41) is 15.5. The Morgan fingerprint density at radius 2 is 1.56 bits per heavy atom. The van der Waals surface area contributed by atoms with Crippen LogP contribution in [0.3, 0.4) is 0 Å². The molecule has 0 aromatic heterocycles. The van der Waals surface area contributed by atoms with Gasteiger partial charge in [-0.2, -0.15) is 5.26 Å². The van der Waals surface area contributed by atoms with Gasteiger partial charge in [-0.1, -0.05) is 40.9 Å². The molecule has 0 bridgehead atoms. The fourth-order valence-electron chi connectivity index (χ4n) is 3.68. The lowest BCUT2D eigenvalue weighted by atomic mass is 10.1. The van der Waals surface area contributed by atoms with E-state index in [1.165, 1.54) is 18.2 Å². The molecule has 3 aromatic carbocycles. The smallest absolute Gasteiger partial charge is 0.257 e. The van der Waals surface area contributed by atoms with Gasteiger partial charge in [-0.25, -0.2) is 0 Å². The highest BCUT2D eigenvalue weighted by Gasteiger charge is 2.67. The summed E-state index contributed by atoms with van der Waals surface area (Å²) in [5.41, 5.74) is 1.96. The number of hydrogen-bond donors (Lipinski definition) is 2. The van der Waals surface area contributed by atoms with E-state index in [0.717, 1.165) is 0 Å². The summed E-state index contributed by atoms with van der Waals surface area (Å²) in [4.78, 5) is 25.7. The maximum absolute atomic E-state index is 13.0. The number of alkyl halides is 2. The Hall–Kier alpha value is -2.46. The SMILES string of the molecule is N#Cc1cccc(NC(=O)c2cc(NC(=O)[C@H]3[C@H](c4cc(Cl)cc(Cl)c4)C3(Cl)Cl)ccc2Cl)c1. The molecule has 1 fully saturated rings. The van der Waals surface area contributed by atoms with Crippen LogP contribution in [0.15, 0.2) is 60.7 Å². The van der Waals surface area contributed by atoms with E-state index in [9.17, 15) is 9.59 Å². The lowest BCUT2D eigenvalue weighted by Crippen LogP contribution is -2.18. The van der Waals surface area contributed by atoms with E-state index in [4.69, 9.17) is 63.3 Å². The van der Waals surface area contributed by atoms with Crippen molar-refractivity contribution in [3.8, 4) is 6.07 Å². The van der Waals surface area contributed by atoms with Gasteiger partial charge < -0.3 is 10.6 Å². The Morgan fingerprint density at radius 1 is 0.882 bits per heavy atom. The van der Waals surface area contributed by atoms with Gasteiger partial charge in [-0.05, 0) is 60.2 Å². The average molecular weight is 554 g/mol. The van der Waals surface area contributed by atoms with Crippen molar-refractivity contribution in [1.82, 2.24) is 0 Å². The zero-order valence-electron chi connectivity index (χ0n) is 17.1. The third kappa shape index (κ3) is 5.12. The van der Waals surface area contributed by atoms with E-state index in [1.807, 2.05) is 6.07 Å². The third-order valence-electron chi connectivity index (χ3n) is 5.31. The number of nitrogens with one attached hydrogen (secondary N) is 2. The number of carbonyl (C=O) groups is 2. The molecule has 0 saturated heterocycles. The molecule has 2 atom stereocenters. The van der Waals surface area contributed by atoms with Gasteiger partial charge >= 0.3 is 0 Å². The molecule has 4 rings (SSSR count). The zero-order chi connectivity index (χ0) is 24.6. The molecule has 3 aromatic rings. The first-order valence-electron chi connectivity index (χ1n) is 9.86. The minimum absolute atomic E-state index is 0.138. The standard InChI is InChI=1S/C24H14Cl5N3O2/c25-14-7-13(8-15(26)9-14)20-21(24(20,28)29)23(34)32-17-4-5-19(27)18(10-17)22(33)31-16-3-1-2-12(6-16)11-30/h1-10,20-21H,(H,31,33)(H,32,34)/t20-,21+/m0/s1. The topological polar surface area (TPSA) is 82.0 Å². The molecule has 1 aliphatic carbocycles. The lowest BCUT2D eigenvalue weighted by Gasteiger charge is -2.10. The van der Waals surface area contributed by atoms with Gasteiger partial charge in [0.05, 0.1) is 28.1 Å². The average Bonchev–Trinajstić information content (AvgIpc) is 3.36. The van der Waals surface area contributed by atoms with Crippen molar-refractivity contribution in [2.24, 2.45) is 5.92 Å². The van der Waals surface area contributed by atoms with Crippen LogP contribution < -0.4 is 10.6 Å². The number of rotatable bonds is 5. The summed E-state index contributed by atoms with van der Waals surface area (Å²) in [7, 11) is 0. The van der Waals surface area contributed by atoms with Crippen LogP contribution >= 0.6 is 58.0 Å². The van der Waals surface area contributed by atoms with Gasteiger partial charge in [0.2, 0.25) is 5.91 Å². The fourth-order valence-corrected chi connectivity index (χ4v) is 5.26. The molecule has 0 aliphatic heterocycles. The van der Waals surface area contributed by atoms with Gasteiger partial charge in [-0.15, -0.1) is 23.2 Å². The largest absolute Gasteiger partial charge is 0.326 e. The van der Waals surface area contributed by atoms with E-state index in [0.29, 0.717) is 32.5 Å². The molecule has 2 N–H and O–H groups in total. The Labute approximate surface area is 220 Å². The van der Waals surface area contributed by atoms with Crippen molar-refractivity contribution < 1.29 is 9.59 Å². The summed E-state index contributed by atoms with van der Waals surface area (Å²) in [6.07, 6.45) is 0. The first-order valence-corrected chi connectivity index (χ1v) is 11.7.